The van der Waals surface area contributed by atoms with E-state index in [0.717, 1.165) is 47.7 Å². The zero-order chi connectivity index (χ0) is 22.0. The topological polar surface area (TPSA) is 44.4 Å². The van der Waals surface area contributed by atoms with Crippen LogP contribution in [0.1, 0.15) is 30.4 Å². The highest BCUT2D eigenvalue weighted by Crippen LogP contribution is 2.28. The first-order valence-electron chi connectivity index (χ1n) is 11.2. The van der Waals surface area contributed by atoms with Crippen LogP contribution in [0.25, 0.3) is 22.4 Å². The van der Waals surface area contributed by atoms with Gasteiger partial charge in [-0.2, -0.15) is 0 Å². The Morgan fingerprint density at radius 1 is 1.23 bits per heavy atom. The Morgan fingerprint density at radius 3 is 2.84 bits per heavy atom. The largest absolute Gasteiger partial charge is 0.494 e. The number of halogens is 1. The zero-order valence-electron chi connectivity index (χ0n) is 19.0. The van der Waals surface area contributed by atoms with Crippen LogP contribution in [0.2, 0.25) is 0 Å². The Hall–Kier alpha value is -2.44. The highest BCUT2D eigenvalue weighted by atomic mass is 19.1. The molecule has 1 saturated heterocycles. The van der Waals surface area contributed by atoms with Crippen molar-refractivity contribution in [3.05, 3.63) is 47.3 Å². The van der Waals surface area contributed by atoms with Crippen molar-refractivity contribution in [2.45, 2.75) is 39.2 Å². The number of piperidine rings is 1. The molecule has 166 valence electrons. The summed E-state index contributed by atoms with van der Waals surface area (Å²) in [6.07, 6.45) is 3.60. The summed E-state index contributed by atoms with van der Waals surface area (Å²) in [5.41, 5.74) is 4.20. The van der Waals surface area contributed by atoms with E-state index in [4.69, 9.17) is 4.74 Å². The van der Waals surface area contributed by atoms with Gasteiger partial charge in [-0.1, -0.05) is 0 Å². The third-order valence-electron chi connectivity index (χ3n) is 6.39. The fourth-order valence-electron chi connectivity index (χ4n) is 4.44. The van der Waals surface area contributed by atoms with Gasteiger partial charge in [-0.3, -0.25) is 0 Å². The molecule has 0 saturated carbocycles. The summed E-state index contributed by atoms with van der Waals surface area (Å²) < 4.78 is 19.9. The Kier molecular flexibility index (Phi) is 6.58. The number of aryl methyl sites for hydroxylation is 2. The van der Waals surface area contributed by atoms with E-state index in [2.05, 4.69) is 46.9 Å². The first-order valence-corrected chi connectivity index (χ1v) is 11.2. The fourth-order valence-corrected chi connectivity index (χ4v) is 4.44. The second-order valence-electron chi connectivity index (χ2n) is 8.89. The van der Waals surface area contributed by atoms with Gasteiger partial charge in [-0.15, -0.1) is 0 Å². The van der Waals surface area contributed by atoms with Crippen LogP contribution in [0.5, 0.6) is 5.75 Å². The van der Waals surface area contributed by atoms with Gasteiger partial charge in [0.05, 0.1) is 17.6 Å². The van der Waals surface area contributed by atoms with Gasteiger partial charge >= 0.3 is 0 Å². The molecule has 0 aliphatic carbocycles. The maximum Gasteiger partial charge on any atom is 0.138 e. The fraction of sp³-hybridized carbons (Fsp3) is 0.480. The molecule has 1 aromatic heterocycles. The highest BCUT2D eigenvalue weighted by Gasteiger charge is 2.20. The van der Waals surface area contributed by atoms with Gasteiger partial charge in [0.1, 0.15) is 17.4 Å². The Bertz CT molecular complexity index is 1050. The summed E-state index contributed by atoms with van der Waals surface area (Å²) in [6, 6.07) is 9.96. The van der Waals surface area contributed by atoms with Gasteiger partial charge in [0.15, 0.2) is 0 Å². The molecule has 0 radical (unpaired) electrons. The maximum atomic E-state index is 13.8. The molecule has 1 N–H and O–H groups in total. The van der Waals surface area contributed by atoms with Crippen LogP contribution in [0, 0.1) is 19.7 Å². The molecule has 31 heavy (non-hydrogen) atoms. The SMILES string of the molecule is Cc1cc(OCCCN2CCCC(N(C)C)C2)ccc1-c1nc2c(C)c(F)ccc2[nH]1. The van der Waals surface area contributed by atoms with E-state index in [1.165, 1.54) is 25.5 Å². The van der Waals surface area contributed by atoms with Crippen molar-refractivity contribution in [3.63, 3.8) is 0 Å². The van der Waals surface area contributed by atoms with Crippen molar-refractivity contribution in [2.24, 2.45) is 0 Å². The molecular formula is C25H33FN4O. The van der Waals surface area contributed by atoms with Crippen LogP contribution >= 0.6 is 0 Å². The minimum absolute atomic E-state index is 0.229. The standard InChI is InChI=1S/C25H33FN4O/c1-17-15-20(31-14-6-13-30-12-5-7-19(16-30)29(3)4)8-9-21(17)25-27-23-11-10-22(26)18(2)24(23)28-25/h8-11,15,19H,5-7,12-14,16H2,1-4H3,(H,27,28). The number of imidazole rings is 1. The summed E-state index contributed by atoms with van der Waals surface area (Å²) in [5, 5.41) is 0. The van der Waals surface area contributed by atoms with Crippen LogP contribution in [0.15, 0.2) is 30.3 Å². The molecule has 3 aromatic rings. The quantitative estimate of drug-likeness (QED) is 0.555. The lowest BCUT2D eigenvalue weighted by Gasteiger charge is -2.36. The number of ether oxygens (including phenoxy) is 1. The van der Waals surface area contributed by atoms with Gasteiger partial charge < -0.3 is 19.5 Å². The number of likely N-dealkylation sites (N-methyl/N-ethyl adjacent to an activating group) is 1. The van der Waals surface area contributed by atoms with Gasteiger partial charge in [0, 0.05) is 30.3 Å². The number of H-pyrrole nitrogens is 1. The minimum atomic E-state index is -0.229. The van der Waals surface area contributed by atoms with E-state index >= 15 is 0 Å². The number of hydrogen-bond acceptors (Lipinski definition) is 4. The maximum absolute atomic E-state index is 13.8. The molecule has 0 amide bonds. The van der Waals surface area contributed by atoms with Gasteiger partial charge in [0.2, 0.25) is 0 Å². The lowest BCUT2D eigenvalue weighted by atomic mass is 10.0. The van der Waals surface area contributed by atoms with Gasteiger partial charge in [0.25, 0.3) is 0 Å². The predicted molar refractivity (Wildman–Crippen MR) is 124 cm³/mol. The Labute approximate surface area is 184 Å². The average molecular weight is 425 g/mol. The third kappa shape index (κ3) is 4.91. The molecule has 6 heteroatoms. The number of nitrogens with one attached hydrogen (secondary N) is 1. The van der Waals surface area contributed by atoms with Crippen molar-refractivity contribution in [3.8, 4) is 17.1 Å². The second kappa shape index (κ2) is 9.37. The minimum Gasteiger partial charge on any atom is -0.494 e. The molecule has 0 spiro atoms. The first-order chi connectivity index (χ1) is 14.9. The molecular weight excluding hydrogens is 391 g/mol. The predicted octanol–water partition coefficient (Wildman–Crippen LogP) is 4.78. The van der Waals surface area contributed by atoms with Crippen molar-refractivity contribution >= 4 is 11.0 Å². The molecule has 1 fully saturated rings. The average Bonchev–Trinajstić information content (AvgIpc) is 3.19. The van der Waals surface area contributed by atoms with E-state index in [-0.39, 0.29) is 5.82 Å². The number of benzene rings is 2. The molecule has 5 nitrogen and oxygen atoms in total. The number of hydrogen-bond donors (Lipinski definition) is 1. The van der Waals surface area contributed by atoms with Crippen LogP contribution < -0.4 is 4.74 Å². The molecule has 2 aromatic carbocycles. The number of fused-ring (bicyclic) bond motifs is 1. The van der Waals surface area contributed by atoms with Crippen LogP contribution in [-0.4, -0.2) is 66.1 Å². The van der Waals surface area contributed by atoms with Crippen LogP contribution in [0.3, 0.4) is 0 Å². The van der Waals surface area contributed by atoms with Crippen molar-refractivity contribution < 1.29 is 9.13 Å². The number of aromatic amines is 1. The molecule has 0 bridgehead atoms. The number of aromatic nitrogens is 2. The summed E-state index contributed by atoms with van der Waals surface area (Å²) >= 11 is 0. The van der Waals surface area contributed by atoms with Crippen molar-refractivity contribution in [2.75, 3.05) is 40.3 Å². The van der Waals surface area contributed by atoms with E-state index in [9.17, 15) is 4.39 Å². The first kappa shape index (κ1) is 21.8. The molecule has 1 unspecified atom stereocenters. The van der Waals surface area contributed by atoms with Gasteiger partial charge in [-0.05, 0) is 89.6 Å². The summed E-state index contributed by atoms with van der Waals surface area (Å²) in [7, 11) is 4.35. The molecule has 1 aliphatic rings. The Morgan fingerprint density at radius 2 is 2.06 bits per heavy atom. The number of likely N-dealkylation sites (tertiary alicyclic amines) is 1. The van der Waals surface area contributed by atoms with Crippen LogP contribution in [0.4, 0.5) is 4.39 Å². The monoisotopic (exact) mass is 424 g/mol. The zero-order valence-corrected chi connectivity index (χ0v) is 19.0. The van der Waals surface area contributed by atoms with E-state index in [1.54, 1.807) is 13.0 Å². The summed E-state index contributed by atoms with van der Waals surface area (Å²) in [6.45, 7) is 7.95. The van der Waals surface area contributed by atoms with Crippen LogP contribution in [-0.2, 0) is 0 Å². The van der Waals surface area contributed by atoms with E-state index < -0.39 is 0 Å². The molecule has 1 atom stereocenters. The molecule has 4 rings (SSSR count). The number of rotatable bonds is 7. The van der Waals surface area contributed by atoms with E-state index in [0.29, 0.717) is 23.7 Å². The van der Waals surface area contributed by atoms with E-state index in [1.807, 2.05) is 12.1 Å². The smallest absolute Gasteiger partial charge is 0.138 e. The molecule has 2 heterocycles. The summed E-state index contributed by atoms with van der Waals surface area (Å²) in [4.78, 5) is 12.8. The lowest BCUT2D eigenvalue weighted by Crippen LogP contribution is -2.45. The summed E-state index contributed by atoms with van der Waals surface area (Å²) in [5.74, 6) is 1.41. The van der Waals surface area contributed by atoms with Crippen molar-refractivity contribution in [1.82, 2.24) is 19.8 Å². The normalized spacial score (nSPS) is 17.5. The molecule has 1 aliphatic heterocycles. The number of nitrogens with zero attached hydrogens (tertiary/aromatic N) is 3. The van der Waals surface area contributed by atoms with Crippen molar-refractivity contribution in [1.29, 1.82) is 0 Å². The second-order valence-corrected chi connectivity index (χ2v) is 8.89. The highest BCUT2D eigenvalue weighted by molar-refractivity contribution is 5.83. The Balaban J connectivity index is 1.34. The lowest BCUT2D eigenvalue weighted by molar-refractivity contribution is 0.127. The van der Waals surface area contributed by atoms with Gasteiger partial charge in [-0.25, -0.2) is 9.37 Å². The third-order valence-corrected chi connectivity index (χ3v) is 6.39.